The second-order valence-electron chi connectivity index (χ2n) is 6.93. The minimum Gasteiger partial charge on any atom is -0.325 e. The van der Waals surface area contributed by atoms with Crippen LogP contribution in [0.2, 0.25) is 10.0 Å². The lowest BCUT2D eigenvalue weighted by Crippen LogP contribution is -2.31. The number of benzene rings is 1. The zero-order valence-electron chi connectivity index (χ0n) is 15.8. The number of nitrogens with zero attached hydrogens (tertiary/aromatic N) is 3. The van der Waals surface area contributed by atoms with Gasteiger partial charge < -0.3 is 10.2 Å². The molecule has 0 spiro atoms. The van der Waals surface area contributed by atoms with Crippen LogP contribution in [0.25, 0.3) is 0 Å². The molecule has 6 nitrogen and oxygen atoms in total. The minimum atomic E-state index is -0.243. The van der Waals surface area contributed by atoms with E-state index in [9.17, 15) is 9.59 Å². The maximum absolute atomic E-state index is 12.5. The Labute approximate surface area is 178 Å². The number of carbonyl (C=O) groups excluding carboxylic acids is 1. The summed E-state index contributed by atoms with van der Waals surface area (Å²) in [5.74, 6) is -0.0428. The van der Waals surface area contributed by atoms with E-state index in [2.05, 4.69) is 10.3 Å². The van der Waals surface area contributed by atoms with Gasteiger partial charge >= 0.3 is 5.69 Å². The number of halogens is 2. The molecule has 1 amide bonds. The first-order valence-corrected chi connectivity index (χ1v) is 10.7. The van der Waals surface area contributed by atoms with Crippen molar-refractivity contribution >= 4 is 46.6 Å². The SMILES string of the molecule is CN(C)CCn1c2c(c(SCC(=O)Nc3cc(Cl)cc(Cl)c3)nc1=O)CCC2. The Bertz CT molecular complexity index is 926. The molecule has 0 atom stereocenters. The maximum Gasteiger partial charge on any atom is 0.348 e. The van der Waals surface area contributed by atoms with Gasteiger partial charge in [0.2, 0.25) is 5.91 Å². The number of anilines is 1. The molecule has 9 heteroatoms. The number of carbonyl (C=O) groups is 1. The van der Waals surface area contributed by atoms with Crippen molar-refractivity contribution in [1.29, 1.82) is 0 Å². The minimum absolute atomic E-state index is 0.157. The highest BCUT2D eigenvalue weighted by molar-refractivity contribution is 8.00. The van der Waals surface area contributed by atoms with Gasteiger partial charge in [0.15, 0.2) is 0 Å². The average Bonchev–Trinajstić information content (AvgIpc) is 3.07. The summed E-state index contributed by atoms with van der Waals surface area (Å²) in [7, 11) is 3.96. The van der Waals surface area contributed by atoms with Gasteiger partial charge in [-0.15, -0.1) is 0 Å². The van der Waals surface area contributed by atoms with E-state index in [1.54, 1.807) is 22.8 Å². The fraction of sp³-hybridized carbons (Fsp3) is 0.421. The smallest absolute Gasteiger partial charge is 0.325 e. The van der Waals surface area contributed by atoms with Gasteiger partial charge in [0.05, 0.1) is 5.75 Å². The molecule has 0 bridgehead atoms. The first kappa shape index (κ1) is 21.2. The lowest BCUT2D eigenvalue weighted by atomic mass is 10.2. The zero-order chi connectivity index (χ0) is 20.3. The molecule has 0 fully saturated rings. The van der Waals surface area contributed by atoms with Gasteiger partial charge in [-0.3, -0.25) is 9.36 Å². The van der Waals surface area contributed by atoms with Crippen LogP contribution < -0.4 is 11.0 Å². The lowest BCUT2D eigenvalue weighted by Gasteiger charge is -2.16. The molecule has 0 saturated carbocycles. The standard InChI is InChI=1S/C19H22Cl2N4O2S/c1-24(2)6-7-25-16-5-3-4-15(16)18(23-19(25)27)28-11-17(26)22-14-9-12(20)8-13(21)10-14/h8-10H,3-7,11H2,1-2H3,(H,22,26). The number of likely N-dealkylation sites (N-methyl/N-ethyl adjacent to an activating group) is 1. The molecule has 28 heavy (non-hydrogen) atoms. The molecule has 0 unspecified atom stereocenters. The number of aromatic nitrogens is 2. The van der Waals surface area contributed by atoms with Crippen LogP contribution in [-0.2, 0) is 24.2 Å². The van der Waals surface area contributed by atoms with Crippen molar-refractivity contribution < 1.29 is 4.79 Å². The van der Waals surface area contributed by atoms with Crippen molar-refractivity contribution in [1.82, 2.24) is 14.5 Å². The zero-order valence-corrected chi connectivity index (χ0v) is 18.1. The summed E-state index contributed by atoms with van der Waals surface area (Å²) >= 11 is 13.2. The van der Waals surface area contributed by atoms with Gasteiger partial charge in [-0.25, -0.2) is 4.79 Å². The Morgan fingerprint density at radius 3 is 2.64 bits per heavy atom. The fourth-order valence-corrected chi connectivity index (χ4v) is 4.60. The summed E-state index contributed by atoms with van der Waals surface area (Å²) in [6.07, 6.45) is 2.77. The third-order valence-corrected chi connectivity index (χ3v) is 5.91. The van der Waals surface area contributed by atoms with Crippen molar-refractivity contribution in [3.8, 4) is 0 Å². The summed E-state index contributed by atoms with van der Waals surface area (Å²) in [5, 5.41) is 4.35. The second-order valence-corrected chi connectivity index (χ2v) is 8.77. The van der Waals surface area contributed by atoms with E-state index in [0.717, 1.165) is 37.1 Å². The van der Waals surface area contributed by atoms with E-state index in [0.29, 0.717) is 27.3 Å². The summed E-state index contributed by atoms with van der Waals surface area (Å²) in [5.41, 5.74) is 2.46. The number of hydrogen-bond donors (Lipinski definition) is 1. The normalized spacial score (nSPS) is 13.0. The number of fused-ring (bicyclic) bond motifs is 1. The Morgan fingerprint density at radius 2 is 1.96 bits per heavy atom. The Morgan fingerprint density at radius 1 is 1.25 bits per heavy atom. The third kappa shape index (κ3) is 5.29. The molecule has 0 radical (unpaired) electrons. The van der Waals surface area contributed by atoms with Gasteiger partial charge in [0, 0.05) is 40.1 Å². The predicted molar refractivity (Wildman–Crippen MR) is 115 cm³/mol. The topological polar surface area (TPSA) is 67.2 Å². The quantitative estimate of drug-likeness (QED) is 0.528. The van der Waals surface area contributed by atoms with Crippen LogP contribution in [0.3, 0.4) is 0 Å². The molecule has 3 rings (SSSR count). The van der Waals surface area contributed by atoms with Crippen molar-refractivity contribution in [3.05, 3.63) is 50.0 Å². The lowest BCUT2D eigenvalue weighted by molar-refractivity contribution is -0.113. The number of thioether (sulfide) groups is 1. The van der Waals surface area contributed by atoms with Crippen molar-refractivity contribution in [2.45, 2.75) is 30.8 Å². The summed E-state index contributed by atoms with van der Waals surface area (Å²) in [6, 6.07) is 4.88. The first-order chi connectivity index (χ1) is 13.3. The molecule has 1 aliphatic rings. The van der Waals surface area contributed by atoms with Crippen molar-refractivity contribution in [2.24, 2.45) is 0 Å². The number of amides is 1. The van der Waals surface area contributed by atoms with Gasteiger partial charge in [0.25, 0.3) is 0 Å². The van der Waals surface area contributed by atoms with Gasteiger partial charge in [-0.1, -0.05) is 35.0 Å². The van der Waals surface area contributed by atoms with Crippen LogP contribution in [0.4, 0.5) is 5.69 Å². The number of nitrogens with one attached hydrogen (secondary N) is 1. The van der Waals surface area contributed by atoms with Crippen molar-refractivity contribution in [2.75, 3.05) is 31.7 Å². The molecule has 1 aromatic carbocycles. The predicted octanol–water partition coefficient (Wildman–Crippen LogP) is 3.33. The second kappa shape index (κ2) is 9.31. The van der Waals surface area contributed by atoms with Gasteiger partial charge in [0.1, 0.15) is 5.03 Å². The van der Waals surface area contributed by atoms with Crippen LogP contribution in [0, 0.1) is 0 Å². The Balaban J connectivity index is 1.71. The van der Waals surface area contributed by atoms with E-state index in [1.807, 2.05) is 19.0 Å². The van der Waals surface area contributed by atoms with Crippen LogP contribution in [-0.4, -0.2) is 46.8 Å². The Hall–Kier alpha value is -1.54. The van der Waals surface area contributed by atoms with E-state index in [4.69, 9.17) is 23.2 Å². The molecule has 0 aliphatic heterocycles. The van der Waals surface area contributed by atoms with Crippen LogP contribution in [0.1, 0.15) is 17.7 Å². The molecule has 1 N–H and O–H groups in total. The Kier molecular flexibility index (Phi) is 7.04. The van der Waals surface area contributed by atoms with E-state index < -0.39 is 0 Å². The van der Waals surface area contributed by atoms with E-state index in [-0.39, 0.29) is 17.3 Å². The molecule has 150 valence electrons. The molecule has 1 aliphatic carbocycles. The molecule has 2 aromatic rings. The van der Waals surface area contributed by atoms with Crippen LogP contribution in [0.5, 0.6) is 0 Å². The highest BCUT2D eigenvalue weighted by Gasteiger charge is 2.22. The average molecular weight is 441 g/mol. The summed E-state index contributed by atoms with van der Waals surface area (Å²) < 4.78 is 1.78. The molecule has 0 saturated heterocycles. The fourth-order valence-electron chi connectivity index (χ4n) is 3.19. The van der Waals surface area contributed by atoms with E-state index in [1.165, 1.54) is 11.8 Å². The number of rotatable bonds is 7. The summed E-state index contributed by atoms with van der Waals surface area (Å²) in [6.45, 7) is 1.41. The molecular weight excluding hydrogens is 419 g/mol. The highest BCUT2D eigenvalue weighted by atomic mass is 35.5. The summed E-state index contributed by atoms with van der Waals surface area (Å²) in [4.78, 5) is 31.1. The van der Waals surface area contributed by atoms with E-state index >= 15 is 0 Å². The van der Waals surface area contributed by atoms with Crippen molar-refractivity contribution in [3.63, 3.8) is 0 Å². The molecule has 1 heterocycles. The first-order valence-electron chi connectivity index (χ1n) is 8.99. The monoisotopic (exact) mass is 440 g/mol. The number of hydrogen-bond acceptors (Lipinski definition) is 5. The highest BCUT2D eigenvalue weighted by Crippen LogP contribution is 2.29. The largest absolute Gasteiger partial charge is 0.348 e. The third-order valence-electron chi connectivity index (χ3n) is 4.46. The van der Waals surface area contributed by atoms with Crippen LogP contribution >= 0.6 is 35.0 Å². The molecule has 1 aromatic heterocycles. The van der Waals surface area contributed by atoms with Gasteiger partial charge in [-0.05, 0) is 51.6 Å². The maximum atomic E-state index is 12.5. The molecular formula is C19H22Cl2N4O2S. The van der Waals surface area contributed by atoms with Crippen LogP contribution in [0.15, 0.2) is 28.0 Å². The van der Waals surface area contributed by atoms with Gasteiger partial charge in [-0.2, -0.15) is 4.98 Å².